The zero-order valence-corrected chi connectivity index (χ0v) is 10.1. The van der Waals surface area contributed by atoms with E-state index in [1.165, 1.54) is 0 Å². The maximum Gasteiger partial charge on any atom is 0.201 e. The molecule has 2 rings (SSSR count). The second-order valence-corrected chi connectivity index (χ2v) is 3.68. The van der Waals surface area contributed by atoms with Crippen molar-refractivity contribution in [2.24, 2.45) is 0 Å². The van der Waals surface area contributed by atoms with E-state index < -0.39 is 0 Å². The first-order valence-corrected chi connectivity index (χ1v) is 5.16. The van der Waals surface area contributed by atoms with Gasteiger partial charge >= 0.3 is 0 Å². The molecule has 0 saturated heterocycles. The van der Waals surface area contributed by atoms with Crippen LogP contribution in [-0.2, 0) is 0 Å². The smallest absolute Gasteiger partial charge is 0.201 e. The van der Waals surface area contributed by atoms with Gasteiger partial charge in [-0.25, -0.2) is 4.98 Å². The Morgan fingerprint density at radius 3 is 2.93 bits per heavy atom. The molecule has 0 atom stereocenters. The third kappa shape index (κ3) is 2.91. The van der Waals surface area contributed by atoms with Crippen molar-refractivity contribution in [2.75, 3.05) is 17.7 Å². The molecule has 0 saturated carbocycles. The number of hydrogen-bond donors (Lipinski definition) is 2. The van der Waals surface area contributed by atoms with E-state index in [4.69, 9.17) is 23.2 Å². The molecule has 82 valence electrons. The summed E-state index contributed by atoms with van der Waals surface area (Å²) >= 11 is 11.4. The number of alkyl halides is 1. The number of anilines is 1. The zero-order valence-electron chi connectivity index (χ0n) is 7.76. The molecule has 0 radical (unpaired) electrons. The van der Waals surface area contributed by atoms with Gasteiger partial charge in [0.15, 0.2) is 0 Å². The molecule has 1 heterocycles. The lowest BCUT2D eigenvalue weighted by Gasteiger charge is -1.95. The van der Waals surface area contributed by atoms with E-state index in [0.717, 1.165) is 17.0 Å². The number of fused-ring (bicyclic) bond motifs is 1. The predicted molar refractivity (Wildman–Crippen MR) is 67.6 cm³/mol. The Bertz CT molecular complexity index is 441. The Morgan fingerprint density at radius 1 is 1.40 bits per heavy atom. The van der Waals surface area contributed by atoms with Crippen molar-refractivity contribution in [1.82, 2.24) is 9.97 Å². The summed E-state index contributed by atoms with van der Waals surface area (Å²) in [4.78, 5) is 7.41. The monoisotopic (exact) mass is 265 g/mol. The lowest BCUT2D eigenvalue weighted by atomic mass is 10.3. The third-order valence-corrected chi connectivity index (χ3v) is 2.25. The Balaban J connectivity index is 0.00000112. The van der Waals surface area contributed by atoms with Crippen molar-refractivity contribution in [2.45, 2.75) is 0 Å². The summed E-state index contributed by atoms with van der Waals surface area (Å²) in [6.45, 7) is 0.690. The number of benzene rings is 1. The fourth-order valence-electron chi connectivity index (χ4n) is 1.23. The fourth-order valence-corrected chi connectivity index (χ4v) is 1.50. The summed E-state index contributed by atoms with van der Waals surface area (Å²) in [7, 11) is 0. The van der Waals surface area contributed by atoms with E-state index in [1.54, 1.807) is 0 Å². The summed E-state index contributed by atoms with van der Waals surface area (Å²) in [5.41, 5.74) is 1.82. The van der Waals surface area contributed by atoms with Gasteiger partial charge in [-0.05, 0) is 18.2 Å². The van der Waals surface area contributed by atoms with Crippen LogP contribution in [-0.4, -0.2) is 22.4 Å². The minimum absolute atomic E-state index is 0. The van der Waals surface area contributed by atoms with Crippen molar-refractivity contribution in [3.8, 4) is 0 Å². The second kappa shape index (κ2) is 5.45. The van der Waals surface area contributed by atoms with Crippen LogP contribution in [0.5, 0.6) is 0 Å². The maximum absolute atomic E-state index is 5.84. The van der Waals surface area contributed by atoms with Crippen LogP contribution in [0.25, 0.3) is 11.0 Å². The Hall–Kier alpha value is -0.640. The number of imidazole rings is 1. The molecular weight excluding hydrogens is 256 g/mol. The predicted octanol–water partition coefficient (Wildman–Crippen LogP) is 3.29. The van der Waals surface area contributed by atoms with Gasteiger partial charge < -0.3 is 10.3 Å². The van der Waals surface area contributed by atoms with Crippen molar-refractivity contribution >= 4 is 52.6 Å². The van der Waals surface area contributed by atoms with Gasteiger partial charge in [0.1, 0.15) is 0 Å². The minimum Gasteiger partial charge on any atom is -0.355 e. The topological polar surface area (TPSA) is 40.7 Å². The molecule has 0 fully saturated rings. The minimum atomic E-state index is 0. The van der Waals surface area contributed by atoms with Crippen molar-refractivity contribution in [3.63, 3.8) is 0 Å². The molecule has 2 N–H and O–H groups in total. The average molecular weight is 267 g/mol. The van der Waals surface area contributed by atoms with Gasteiger partial charge in [0.05, 0.1) is 11.0 Å². The van der Waals surface area contributed by atoms with Crippen molar-refractivity contribution in [3.05, 3.63) is 23.2 Å². The summed E-state index contributed by atoms with van der Waals surface area (Å²) in [6.07, 6.45) is 0. The molecule has 0 aliphatic heterocycles. The molecule has 0 bridgehead atoms. The van der Waals surface area contributed by atoms with Crippen LogP contribution in [0.1, 0.15) is 0 Å². The van der Waals surface area contributed by atoms with Gasteiger partial charge in [0, 0.05) is 17.4 Å². The summed E-state index contributed by atoms with van der Waals surface area (Å²) in [6, 6.07) is 5.53. The number of nitrogens with zero attached hydrogens (tertiary/aromatic N) is 1. The van der Waals surface area contributed by atoms with Gasteiger partial charge in [-0.15, -0.1) is 24.0 Å². The van der Waals surface area contributed by atoms with Gasteiger partial charge in [-0.3, -0.25) is 0 Å². The first kappa shape index (κ1) is 12.4. The van der Waals surface area contributed by atoms with Gasteiger partial charge in [0.25, 0.3) is 0 Å². The number of H-pyrrole nitrogens is 1. The van der Waals surface area contributed by atoms with Crippen LogP contribution < -0.4 is 5.32 Å². The van der Waals surface area contributed by atoms with Gasteiger partial charge in [0.2, 0.25) is 5.95 Å². The molecule has 6 heteroatoms. The van der Waals surface area contributed by atoms with Crippen molar-refractivity contribution in [1.29, 1.82) is 0 Å². The average Bonchev–Trinajstić information content (AvgIpc) is 2.56. The molecule has 1 aromatic carbocycles. The highest BCUT2D eigenvalue weighted by molar-refractivity contribution is 6.31. The number of aromatic nitrogens is 2. The standard InChI is InChI=1S/C9H9Cl2N3.ClH/c10-3-4-12-9-13-7-2-1-6(11)5-8(7)14-9;/h1-2,5H,3-4H2,(H2,12,13,14);1H. The number of halogens is 3. The fraction of sp³-hybridized carbons (Fsp3) is 0.222. The van der Waals surface area contributed by atoms with Gasteiger partial charge in [-0.2, -0.15) is 0 Å². The lowest BCUT2D eigenvalue weighted by molar-refractivity contribution is 1.15. The molecular formula is C9H10Cl3N3. The summed E-state index contributed by atoms with van der Waals surface area (Å²) in [5, 5.41) is 3.76. The number of aromatic amines is 1. The van der Waals surface area contributed by atoms with Crippen LogP contribution in [0.15, 0.2) is 18.2 Å². The summed E-state index contributed by atoms with van der Waals surface area (Å²) in [5.74, 6) is 1.28. The summed E-state index contributed by atoms with van der Waals surface area (Å²) < 4.78 is 0. The van der Waals surface area contributed by atoms with Crippen LogP contribution in [0, 0.1) is 0 Å². The molecule has 0 aliphatic rings. The third-order valence-electron chi connectivity index (χ3n) is 1.83. The Labute approximate surface area is 104 Å². The number of hydrogen-bond acceptors (Lipinski definition) is 2. The van der Waals surface area contributed by atoms with E-state index in [1.807, 2.05) is 18.2 Å². The van der Waals surface area contributed by atoms with Crippen LogP contribution in [0.3, 0.4) is 0 Å². The molecule has 1 aromatic heterocycles. The molecule has 0 aliphatic carbocycles. The lowest BCUT2D eigenvalue weighted by Crippen LogP contribution is -2.03. The zero-order chi connectivity index (χ0) is 9.97. The maximum atomic E-state index is 5.84. The van der Waals surface area contributed by atoms with Gasteiger partial charge in [-0.1, -0.05) is 11.6 Å². The largest absolute Gasteiger partial charge is 0.355 e. The molecule has 0 unspecified atom stereocenters. The molecule has 3 nitrogen and oxygen atoms in total. The van der Waals surface area contributed by atoms with Crippen LogP contribution >= 0.6 is 35.6 Å². The number of rotatable bonds is 3. The van der Waals surface area contributed by atoms with E-state index in [2.05, 4.69) is 15.3 Å². The molecule has 2 aromatic rings. The normalized spacial score (nSPS) is 10.0. The van der Waals surface area contributed by atoms with E-state index in [-0.39, 0.29) is 12.4 Å². The first-order valence-electron chi connectivity index (χ1n) is 4.25. The number of nitrogens with one attached hydrogen (secondary N) is 2. The second-order valence-electron chi connectivity index (χ2n) is 2.86. The SMILES string of the molecule is Cl.ClCCNc1nc2ccc(Cl)cc2[nH]1. The van der Waals surface area contributed by atoms with E-state index in [0.29, 0.717) is 17.4 Å². The highest BCUT2D eigenvalue weighted by atomic mass is 35.5. The molecule has 15 heavy (non-hydrogen) atoms. The highest BCUT2D eigenvalue weighted by Gasteiger charge is 2.01. The quantitative estimate of drug-likeness (QED) is 0.837. The van der Waals surface area contributed by atoms with E-state index >= 15 is 0 Å². The highest BCUT2D eigenvalue weighted by Crippen LogP contribution is 2.18. The Kier molecular flexibility index (Phi) is 4.51. The Morgan fingerprint density at radius 2 is 2.20 bits per heavy atom. The first-order chi connectivity index (χ1) is 6.79. The van der Waals surface area contributed by atoms with E-state index in [9.17, 15) is 0 Å². The van der Waals surface area contributed by atoms with Crippen LogP contribution in [0.4, 0.5) is 5.95 Å². The van der Waals surface area contributed by atoms with Crippen LogP contribution in [0.2, 0.25) is 5.02 Å². The van der Waals surface area contributed by atoms with Crippen molar-refractivity contribution < 1.29 is 0 Å². The molecule has 0 spiro atoms. The molecule has 0 amide bonds.